The molecule has 1 heterocycles. The molecule has 0 fully saturated rings. The van der Waals surface area contributed by atoms with Gasteiger partial charge in [0.2, 0.25) is 0 Å². The summed E-state index contributed by atoms with van der Waals surface area (Å²) in [6.45, 7) is 6.99. The fourth-order valence-electron chi connectivity index (χ4n) is 4.43. The number of amides is 1. The van der Waals surface area contributed by atoms with Crippen LogP contribution in [0.25, 0.3) is 5.69 Å². The fourth-order valence-corrected chi connectivity index (χ4v) is 6.23. The molecule has 0 bridgehead atoms. The van der Waals surface area contributed by atoms with E-state index >= 15 is 0 Å². The topological polar surface area (TPSA) is 93.0 Å². The fraction of sp³-hybridized carbons (Fsp3) is 0.200. The van der Waals surface area contributed by atoms with Crippen LogP contribution in [0.4, 0.5) is 5.69 Å². The number of ether oxygens (including phenoxy) is 1. The molecule has 0 spiro atoms. The van der Waals surface area contributed by atoms with Crippen molar-refractivity contribution < 1.29 is 17.9 Å². The van der Waals surface area contributed by atoms with Gasteiger partial charge in [0.1, 0.15) is 12.3 Å². The zero-order chi connectivity index (χ0) is 29.9. The standard InChI is InChI=1S/C30H30Cl2N4O4S/c1-19-9-12-24(13-10-19)41(38,39)35(27-15-20(2)11-14-28(27)40-5)18-29(37)34-33-17-23-16-21(3)36(22(23)4)26-8-6-7-25(31)30(26)32/h6-17H,18H2,1-5H3,(H,34,37)/b33-17-. The molecule has 0 unspecified atom stereocenters. The number of carbonyl (C=O) groups excluding carboxylic acids is 1. The van der Waals surface area contributed by atoms with Crippen LogP contribution in [0.2, 0.25) is 10.0 Å². The summed E-state index contributed by atoms with van der Waals surface area (Å²) in [6.07, 6.45) is 1.50. The van der Waals surface area contributed by atoms with Crippen LogP contribution in [0.1, 0.15) is 28.1 Å². The second-order valence-corrected chi connectivity index (χ2v) is 12.2. The Labute approximate surface area is 250 Å². The number of nitrogens with one attached hydrogen (secondary N) is 1. The number of halogens is 2. The molecule has 0 aliphatic rings. The third-order valence-electron chi connectivity index (χ3n) is 6.53. The number of aromatic nitrogens is 1. The summed E-state index contributed by atoms with van der Waals surface area (Å²) >= 11 is 12.7. The Balaban J connectivity index is 1.62. The lowest BCUT2D eigenvalue weighted by Crippen LogP contribution is -2.39. The number of hydrazone groups is 1. The van der Waals surface area contributed by atoms with E-state index in [2.05, 4.69) is 10.5 Å². The second-order valence-electron chi connectivity index (χ2n) is 9.53. The lowest BCUT2D eigenvalue weighted by atomic mass is 10.2. The lowest BCUT2D eigenvalue weighted by Gasteiger charge is -2.25. The first-order valence-electron chi connectivity index (χ1n) is 12.6. The quantitative estimate of drug-likeness (QED) is 0.175. The molecule has 0 saturated carbocycles. The maximum atomic E-state index is 13.8. The summed E-state index contributed by atoms with van der Waals surface area (Å²) in [5.74, 6) is -0.318. The van der Waals surface area contributed by atoms with Gasteiger partial charge >= 0.3 is 0 Å². The number of rotatable bonds is 9. The van der Waals surface area contributed by atoms with Crippen molar-refractivity contribution in [1.82, 2.24) is 9.99 Å². The highest BCUT2D eigenvalue weighted by atomic mass is 35.5. The van der Waals surface area contributed by atoms with Gasteiger partial charge in [-0.15, -0.1) is 0 Å². The van der Waals surface area contributed by atoms with Crippen molar-refractivity contribution in [3.8, 4) is 11.4 Å². The highest BCUT2D eigenvalue weighted by Crippen LogP contribution is 2.34. The van der Waals surface area contributed by atoms with Crippen LogP contribution in [-0.2, 0) is 14.8 Å². The van der Waals surface area contributed by atoms with E-state index in [-0.39, 0.29) is 10.6 Å². The van der Waals surface area contributed by atoms with Gasteiger partial charge in [0.25, 0.3) is 15.9 Å². The van der Waals surface area contributed by atoms with Crippen molar-refractivity contribution in [3.05, 3.63) is 105 Å². The molecule has 1 aromatic heterocycles. The van der Waals surface area contributed by atoms with Gasteiger partial charge in [-0.25, -0.2) is 13.8 Å². The zero-order valence-electron chi connectivity index (χ0n) is 23.3. The molecule has 8 nitrogen and oxygen atoms in total. The normalized spacial score (nSPS) is 11.6. The Morgan fingerprint density at radius 1 is 1.00 bits per heavy atom. The van der Waals surface area contributed by atoms with Crippen LogP contribution in [-0.4, -0.2) is 38.8 Å². The monoisotopic (exact) mass is 612 g/mol. The van der Waals surface area contributed by atoms with Gasteiger partial charge in [-0.1, -0.05) is 53.0 Å². The summed E-state index contributed by atoms with van der Waals surface area (Å²) in [5.41, 5.74) is 7.60. The number of nitrogens with zero attached hydrogens (tertiary/aromatic N) is 3. The van der Waals surface area contributed by atoms with E-state index in [1.165, 1.54) is 25.5 Å². The highest BCUT2D eigenvalue weighted by Gasteiger charge is 2.29. The molecule has 0 saturated heterocycles. The number of benzene rings is 3. The lowest BCUT2D eigenvalue weighted by molar-refractivity contribution is -0.119. The molecule has 214 valence electrons. The van der Waals surface area contributed by atoms with E-state index < -0.39 is 22.5 Å². The minimum atomic E-state index is -4.13. The van der Waals surface area contributed by atoms with Crippen molar-refractivity contribution in [2.45, 2.75) is 32.6 Å². The van der Waals surface area contributed by atoms with Crippen LogP contribution in [0.15, 0.2) is 76.7 Å². The van der Waals surface area contributed by atoms with E-state index in [1.807, 2.05) is 50.5 Å². The zero-order valence-corrected chi connectivity index (χ0v) is 25.6. The van der Waals surface area contributed by atoms with Crippen LogP contribution < -0.4 is 14.5 Å². The summed E-state index contributed by atoms with van der Waals surface area (Å²) < 4.78 is 35.9. The van der Waals surface area contributed by atoms with E-state index in [0.29, 0.717) is 15.8 Å². The van der Waals surface area contributed by atoms with Crippen LogP contribution in [0.3, 0.4) is 0 Å². The SMILES string of the molecule is COc1ccc(C)cc1N(CC(=O)N/N=C\c1cc(C)n(-c2cccc(Cl)c2Cl)c1C)S(=O)(=O)c1ccc(C)cc1. The Bertz CT molecular complexity index is 1730. The maximum absolute atomic E-state index is 13.8. The molecule has 0 radical (unpaired) electrons. The van der Waals surface area contributed by atoms with Gasteiger partial charge in [0.05, 0.1) is 39.6 Å². The highest BCUT2D eigenvalue weighted by molar-refractivity contribution is 7.92. The van der Waals surface area contributed by atoms with Gasteiger partial charge in [0.15, 0.2) is 0 Å². The molecule has 1 N–H and O–H groups in total. The van der Waals surface area contributed by atoms with Crippen LogP contribution in [0.5, 0.6) is 5.75 Å². The predicted octanol–water partition coefficient (Wildman–Crippen LogP) is 6.37. The Hall–Kier alpha value is -3.79. The van der Waals surface area contributed by atoms with Gasteiger partial charge in [-0.3, -0.25) is 9.10 Å². The van der Waals surface area contributed by atoms with Crippen molar-refractivity contribution >= 4 is 51.0 Å². The van der Waals surface area contributed by atoms with E-state index in [9.17, 15) is 13.2 Å². The molecule has 3 aromatic carbocycles. The van der Waals surface area contributed by atoms with Crippen LogP contribution in [0, 0.1) is 27.7 Å². The van der Waals surface area contributed by atoms with Gasteiger partial charge in [0, 0.05) is 17.0 Å². The molecular formula is C30H30Cl2N4O4S. The summed E-state index contributed by atoms with van der Waals surface area (Å²) in [7, 11) is -2.68. The Kier molecular flexibility index (Phi) is 9.11. The summed E-state index contributed by atoms with van der Waals surface area (Å²) in [4.78, 5) is 13.1. The molecular weight excluding hydrogens is 583 g/mol. The number of methoxy groups -OCH3 is 1. The largest absolute Gasteiger partial charge is 0.495 e. The maximum Gasteiger partial charge on any atom is 0.264 e. The van der Waals surface area contributed by atoms with E-state index in [1.54, 1.807) is 36.4 Å². The number of hydrogen-bond acceptors (Lipinski definition) is 5. The third kappa shape index (κ3) is 6.43. The van der Waals surface area contributed by atoms with E-state index in [4.69, 9.17) is 27.9 Å². The first-order valence-corrected chi connectivity index (χ1v) is 14.8. The van der Waals surface area contributed by atoms with Crippen molar-refractivity contribution in [1.29, 1.82) is 0 Å². The molecule has 4 rings (SSSR count). The van der Waals surface area contributed by atoms with E-state index in [0.717, 1.165) is 38.1 Å². The molecule has 1 amide bonds. The van der Waals surface area contributed by atoms with Crippen molar-refractivity contribution in [3.63, 3.8) is 0 Å². The summed E-state index contributed by atoms with van der Waals surface area (Å²) in [6, 6.07) is 18.9. The average molecular weight is 614 g/mol. The molecule has 0 aliphatic carbocycles. The first kappa shape index (κ1) is 30.2. The number of sulfonamides is 1. The average Bonchev–Trinajstić information content (AvgIpc) is 3.21. The van der Waals surface area contributed by atoms with Gasteiger partial charge < -0.3 is 9.30 Å². The predicted molar refractivity (Wildman–Crippen MR) is 164 cm³/mol. The number of anilines is 1. The number of hydrogen-bond donors (Lipinski definition) is 1. The van der Waals surface area contributed by atoms with Crippen molar-refractivity contribution in [2.24, 2.45) is 5.10 Å². The third-order valence-corrected chi connectivity index (χ3v) is 9.12. The number of aryl methyl sites for hydroxylation is 3. The summed E-state index contributed by atoms with van der Waals surface area (Å²) in [5, 5.41) is 4.98. The second kappa shape index (κ2) is 12.4. The van der Waals surface area contributed by atoms with Crippen molar-refractivity contribution in [2.75, 3.05) is 18.0 Å². The smallest absolute Gasteiger partial charge is 0.264 e. The molecule has 0 aliphatic heterocycles. The first-order chi connectivity index (χ1) is 19.4. The minimum absolute atomic E-state index is 0.0510. The number of carbonyl (C=O) groups is 1. The molecule has 4 aromatic rings. The van der Waals surface area contributed by atoms with Gasteiger partial charge in [-0.2, -0.15) is 5.10 Å². The minimum Gasteiger partial charge on any atom is -0.495 e. The molecule has 0 atom stereocenters. The molecule has 11 heteroatoms. The van der Waals surface area contributed by atoms with Gasteiger partial charge in [-0.05, 0) is 75.7 Å². The Morgan fingerprint density at radius 3 is 2.37 bits per heavy atom. The Morgan fingerprint density at radius 2 is 1.68 bits per heavy atom. The molecule has 41 heavy (non-hydrogen) atoms. The van der Waals surface area contributed by atoms with Crippen LogP contribution >= 0.6 is 23.2 Å².